The quantitative estimate of drug-likeness (QED) is 0.428. The molecule has 0 amide bonds. The van der Waals surface area contributed by atoms with E-state index in [-0.39, 0.29) is 23.1 Å². The molecule has 3 saturated carbocycles. The van der Waals surface area contributed by atoms with Crippen LogP contribution in [-0.2, 0) is 9.53 Å². The highest BCUT2D eigenvalue weighted by Gasteiger charge is 2.58. The fraction of sp³-hybridized carbons (Fsp3) is 0.742. The van der Waals surface area contributed by atoms with Crippen molar-refractivity contribution in [3.63, 3.8) is 0 Å². The number of allylic oxidation sites excluding steroid dienone is 2. The summed E-state index contributed by atoms with van der Waals surface area (Å²) in [7, 11) is 2.14. The van der Waals surface area contributed by atoms with Gasteiger partial charge in [-0.15, -0.1) is 0 Å². The van der Waals surface area contributed by atoms with Gasteiger partial charge < -0.3 is 14.1 Å². The number of hydrogen-bond acceptors (Lipinski definition) is 6. The molecule has 0 spiro atoms. The average Bonchev–Trinajstić information content (AvgIpc) is 3.23. The van der Waals surface area contributed by atoms with Gasteiger partial charge in [0.05, 0.1) is 12.8 Å². The van der Waals surface area contributed by atoms with Gasteiger partial charge in [-0.05, 0) is 105 Å². The molecule has 6 nitrogen and oxygen atoms in total. The summed E-state index contributed by atoms with van der Waals surface area (Å²) >= 11 is 0. The zero-order valence-electron chi connectivity index (χ0n) is 22.9. The van der Waals surface area contributed by atoms with E-state index in [1.807, 2.05) is 6.07 Å². The Morgan fingerprint density at radius 2 is 1.89 bits per heavy atom. The van der Waals surface area contributed by atoms with Crippen LogP contribution in [0.25, 0.3) is 0 Å². The summed E-state index contributed by atoms with van der Waals surface area (Å²) in [5.41, 5.74) is 3.09. The Bertz CT molecular complexity index is 1080. The highest BCUT2D eigenvalue weighted by molar-refractivity contribution is 5.71. The second-order valence-electron chi connectivity index (χ2n) is 13.3. The predicted octanol–water partition coefficient (Wildman–Crippen LogP) is 4.85. The van der Waals surface area contributed by atoms with Crippen LogP contribution >= 0.6 is 0 Å². The van der Waals surface area contributed by atoms with Gasteiger partial charge in [0.1, 0.15) is 6.10 Å². The second kappa shape index (κ2) is 9.68. The third-order valence-corrected chi connectivity index (χ3v) is 11.4. The van der Waals surface area contributed by atoms with Gasteiger partial charge in [0.15, 0.2) is 0 Å². The summed E-state index contributed by atoms with van der Waals surface area (Å²) in [6.07, 6.45) is 13.6. The summed E-state index contributed by atoms with van der Waals surface area (Å²) < 4.78 is 11.3. The maximum atomic E-state index is 12.7. The molecule has 7 unspecified atom stereocenters. The Labute approximate surface area is 221 Å². The minimum Gasteiger partial charge on any atom is -0.461 e. The highest BCUT2D eigenvalue weighted by atomic mass is 16.5. The van der Waals surface area contributed by atoms with Gasteiger partial charge in [-0.25, -0.2) is 4.79 Å². The lowest BCUT2D eigenvalue weighted by molar-refractivity contribution is -0.159. The monoisotopic (exact) mass is 508 g/mol. The Morgan fingerprint density at radius 1 is 1.08 bits per heavy atom. The van der Waals surface area contributed by atoms with Crippen LogP contribution in [-0.4, -0.2) is 61.6 Å². The lowest BCUT2D eigenvalue weighted by atomic mass is 9.46. The first-order chi connectivity index (χ1) is 17.8. The minimum absolute atomic E-state index is 0.0285. The van der Waals surface area contributed by atoms with Crippen molar-refractivity contribution in [2.45, 2.75) is 77.2 Å². The number of piperazine rings is 1. The van der Waals surface area contributed by atoms with E-state index in [4.69, 9.17) is 9.15 Å². The third-order valence-electron chi connectivity index (χ3n) is 11.4. The van der Waals surface area contributed by atoms with Crippen molar-refractivity contribution in [3.8, 4) is 0 Å². The molecule has 4 fully saturated rings. The van der Waals surface area contributed by atoms with E-state index in [2.05, 4.69) is 36.8 Å². The molecule has 6 heteroatoms. The van der Waals surface area contributed by atoms with Crippen molar-refractivity contribution in [3.05, 3.63) is 46.0 Å². The van der Waals surface area contributed by atoms with Crippen LogP contribution in [0.2, 0.25) is 0 Å². The zero-order valence-corrected chi connectivity index (χ0v) is 22.9. The summed E-state index contributed by atoms with van der Waals surface area (Å²) in [5, 5.41) is 0. The van der Waals surface area contributed by atoms with E-state index in [9.17, 15) is 9.59 Å². The Balaban J connectivity index is 1.10. The first kappa shape index (κ1) is 25.4. The summed E-state index contributed by atoms with van der Waals surface area (Å²) in [6.45, 7) is 9.41. The van der Waals surface area contributed by atoms with Crippen molar-refractivity contribution in [1.29, 1.82) is 0 Å². The SMILES string of the molecule is CN1CCN(CC(=O)OC2CCC3(C)C(CCC4C5=CCC(c6ccc(=O)oc6)C5(C)CCC43)C2)CC1. The Morgan fingerprint density at radius 3 is 2.65 bits per heavy atom. The highest BCUT2D eigenvalue weighted by Crippen LogP contribution is 2.67. The molecule has 2 heterocycles. The molecular formula is C31H44N2O4. The number of carbonyl (C=O) groups excluding carboxylic acids is 1. The lowest BCUT2D eigenvalue weighted by Crippen LogP contribution is -2.52. The molecule has 0 N–H and O–H groups in total. The number of nitrogens with zero attached hydrogens (tertiary/aromatic N) is 2. The van der Waals surface area contributed by atoms with Gasteiger partial charge in [-0.2, -0.15) is 0 Å². The number of ether oxygens (including phenoxy) is 1. The molecular weight excluding hydrogens is 464 g/mol. The van der Waals surface area contributed by atoms with E-state index in [1.54, 1.807) is 17.9 Å². The van der Waals surface area contributed by atoms with Gasteiger partial charge in [0, 0.05) is 32.2 Å². The Hall–Kier alpha value is -1.92. The first-order valence-electron chi connectivity index (χ1n) is 14.7. The topological polar surface area (TPSA) is 63.0 Å². The lowest BCUT2D eigenvalue weighted by Gasteiger charge is -2.59. The second-order valence-corrected chi connectivity index (χ2v) is 13.3. The van der Waals surface area contributed by atoms with Crippen LogP contribution in [0.3, 0.4) is 0 Å². The molecule has 37 heavy (non-hydrogen) atoms. The van der Waals surface area contributed by atoms with Crippen LogP contribution in [0.4, 0.5) is 0 Å². The number of likely N-dealkylation sites (N-methyl/N-ethyl adjacent to an activating group) is 1. The number of esters is 1. The van der Waals surface area contributed by atoms with Gasteiger partial charge in [-0.1, -0.05) is 25.5 Å². The molecule has 1 aromatic rings. The minimum atomic E-state index is -0.268. The Kier molecular flexibility index (Phi) is 6.63. The smallest absolute Gasteiger partial charge is 0.335 e. The summed E-state index contributed by atoms with van der Waals surface area (Å²) in [6, 6.07) is 3.56. The largest absolute Gasteiger partial charge is 0.461 e. The van der Waals surface area contributed by atoms with Crippen LogP contribution in [0.1, 0.15) is 76.7 Å². The molecule has 6 rings (SSSR count). The van der Waals surface area contributed by atoms with Gasteiger partial charge >= 0.3 is 11.6 Å². The first-order valence-corrected chi connectivity index (χ1v) is 14.7. The van der Waals surface area contributed by atoms with E-state index in [0.29, 0.717) is 29.7 Å². The predicted molar refractivity (Wildman–Crippen MR) is 143 cm³/mol. The molecule has 4 aliphatic carbocycles. The standard InChI is InChI=1S/C31H44N2O4/c1-30-12-10-23(37-29(35)19-33-16-14-32(3)15-17-33)18-22(30)5-6-24-26-8-7-25(21-4-9-28(34)36-20-21)31(26,2)13-11-27(24)30/h4,8-9,20,22-25,27H,5-7,10-19H2,1-3H3. The van der Waals surface area contributed by atoms with Gasteiger partial charge in [0.25, 0.3) is 0 Å². The molecule has 7 atom stereocenters. The molecule has 1 aliphatic heterocycles. The number of fused-ring (bicyclic) bond motifs is 5. The van der Waals surface area contributed by atoms with E-state index in [1.165, 1.54) is 37.7 Å². The van der Waals surface area contributed by atoms with E-state index < -0.39 is 0 Å². The number of hydrogen-bond donors (Lipinski definition) is 0. The molecule has 1 saturated heterocycles. The molecule has 0 bridgehead atoms. The van der Waals surface area contributed by atoms with Crippen LogP contribution < -0.4 is 5.63 Å². The zero-order chi connectivity index (χ0) is 25.8. The maximum absolute atomic E-state index is 12.7. The van der Waals surface area contributed by atoms with Crippen molar-refractivity contribution >= 4 is 5.97 Å². The fourth-order valence-electron chi connectivity index (χ4n) is 9.14. The van der Waals surface area contributed by atoms with Crippen molar-refractivity contribution < 1.29 is 13.9 Å². The number of rotatable bonds is 4. The summed E-state index contributed by atoms with van der Waals surface area (Å²) in [5.74, 6) is 2.42. The maximum Gasteiger partial charge on any atom is 0.335 e. The number of carbonyl (C=O) groups is 1. The molecule has 0 aromatic carbocycles. The third kappa shape index (κ3) is 4.52. The van der Waals surface area contributed by atoms with Gasteiger partial charge in [0.2, 0.25) is 0 Å². The van der Waals surface area contributed by atoms with Crippen molar-refractivity contribution in [2.75, 3.05) is 39.8 Å². The van der Waals surface area contributed by atoms with E-state index in [0.717, 1.165) is 51.4 Å². The van der Waals surface area contributed by atoms with Crippen LogP contribution in [0.5, 0.6) is 0 Å². The van der Waals surface area contributed by atoms with Crippen molar-refractivity contribution in [2.24, 2.45) is 28.6 Å². The average molecular weight is 509 g/mol. The fourth-order valence-corrected chi connectivity index (χ4v) is 9.14. The van der Waals surface area contributed by atoms with Crippen LogP contribution in [0.15, 0.2) is 39.3 Å². The normalized spacial score (nSPS) is 40.3. The molecule has 1 aromatic heterocycles. The molecule has 0 radical (unpaired) electrons. The van der Waals surface area contributed by atoms with Crippen LogP contribution in [0, 0.1) is 28.6 Å². The summed E-state index contributed by atoms with van der Waals surface area (Å²) in [4.78, 5) is 28.8. The van der Waals surface area contributed by atoms with Gasteiger partial charge in [-0.3, -0.25) is 9.69 Å². The van der Waals surface area contributed by atoms with E-state index >= 15 is 0 Å². The molecule has 5 aliphatic rings. The molecule has 202 valence electrons. The van der Waals surface area contributed by atoms with Crippen molar-refractivity contribution in [1.82, 2.24) is 9.80 Å².